The zero-order chi connectivity index (χ0) is 18.6. The van der Waals surface area contributed by atoms with Crippen molar-refractivity contribution in [2.24, 2.45) is 0 Å². The third-order valence-corrected chi connectivity index (χ3v) is 4.75. The molecule has 0 aliphatic rings. The van der Waals surface area contributed by atoms with Crippen molar-refractivity contribution in [3.05, 3.63) is 78.1 Å². The lowest BCUT2D eigenvalue weighted by molar-refractivity contribution is 0.793. The summed E-state index contributed by atoms with van der Waals surface area (Å²) in [6, 6.07) is 18.9. The first kappa shape index (κ1) is 17.2. The van der Waals surface area contributed by atoms with Gasteiger partial charge in [-0.3, -0.25) is 0 Å². The highest BCUT2D eigenvalue weighted by Gasteiger charge is 2.14. The largest absolute Gasteiger partial charge is 0.356 e. The molecule has 0 spiro atoms. The van der Waals surface area contributed by atoms with Gasteiger partial charge in [-0.15, -0.1) is 0 Å². The topological polar surface area (TPSA) is 46.8 Å². The number of benzene rings is 2. The van der Waals surface area contributed by atoms with E-state index in [-0.39, 0.29) is 0 Å². The summed E-state index contributed by atoms with van der Waals surface area (Å²) in [5, 5.41) is 5.38. The fourth-order valence-corrected chi connectivity index (χ4v) is 3.34. The summed E-state index contributed by atoms with van der Waals surface area (Å²) in [6.45, 7) is 6.09. The molecule has 0 unspecified atom stereocenters. The van der Waals surface area contributed by atoms with Crippen LogP contribution >= 0.6 is 0 Å². The van der Waals surface area contributed by atoms with Crippen molar-refractivity contribution in [2.75, 3.05) is 18.0 Å². The van der Waals surface area contributed by atoms with Gasteiger partial charge in [0.25, 0.3) is 5.95 Å². The number of fused-ring (bicyclic) bond motifs is 1. The fraction of sp³-hybridized carbons (Fsp3) is 0.227. The summed E-state index contributed by atoms with van der Waals surface area (Å²) in [5.74, 6) is 1.57. The van der Waals surface area contributed by atoms with E-state index < -0.39 is 0 Å². The van der Waals surface area contributed by atoms with Crippen LogP contribution in [0.2, 0.25) is 0 Å². The van der Waals surface area contributed by atoms with Crippen LogP contribution in [0.3, 0.4) is 0 Å². The molecule has 0 saturated heterocycles. The van der Waals surface area contributed by atoms with E-state index in [1.807, 2.05) is 18.3 Å². The van der Waals surface area contributed by atoms with Crippen molar-refractivity contribution < 1.29 is 0 Å². The maximum Gasteiger partial charge on any atom is 0.253 e. The third kappa shape index (κ3) is 3.53. The van der Waals surface area contributed by atoms with Crippen LogP contribution in [-0.4, -0.2) is 32.8 Å². The third-order valence-electron chi connectivity index (χ3n) is 4.75. The van der Waals surface area contributed by atoms with Crippen LogP contribution in [0.25, 0.3) is 16.9 Å². The van der Waals surface area contributed by atoms with Gasteiger partial charge >= 0.3 is 0 Å². The average molecular weight is 357 g/mol. The SMILES string of the molecule is CCN(CC)c1nc(-n2cccn2)nc2ccc(Cc3ccccc3)cc12. The van der Waals surface area contributed by atoms with Crippen LogP contribution in [0.15, 0.2) is 67.0 Å². The van der Waals surface area contributed by atoms with Crippen molar-refractivity contribution in [1.29, 1.82) is 0 Å². The molecule has 4 aromatic rings. The predicted molar refractivity (Wildman–Crippen MR) is 109 cm³/mol. The van der Waals surface area contributed by atoms with E-state index in [0.29, 0.717) is 5.95 Å². The Morgan fingerprint density at radius 1 is 0.889 bits per heavy atom. The molecule has 2 aromatic heterocycles. The molecule has 0 amide bonds. The van der Waals surface area contributed by atoms with E-state index in [1.54, 1.807) is 10.9 Å². The second-order valence-corrected chi connectivity index (χ2v) is 6.48. The van der Waals surface area contributed by atoms with Crippen LogP contribution in [-0.2, 0) is 6.42 Å². The van der Waals surface area contributed by atoms with Crippen LogP contribution in [0.5, 0.6) is 0 Å². The highest BCUT2D eigenvalue weighted by molar-refractivity contribution is 5.90. The Morgan fingerprint density at radius 2 is 1.70 bits per heavy atom. The van der Waals surface area contributed by atoms with Gasteiger partial charge in [-0.1, -0.05) is 36.4 Å². The van der Waals surface area contributed by atoms with Crippen molar-refractivity contribution in [1.82, 2.24) is 19.7 Å². The predicted octanol–water partition coefficient (Wildman–Crippen LogP) is 4.25. The minimum absolute atomic E-state index is 0.602. The van der Waals surface area contributed by atoms with E-state index in [1.165, 1.54) is 11.1 Å². The number of rotatable bonds is 6. The summed E-state index contributed by atoms with van der Waals surface area (Å²) in [4.78, 5) is 11.9. The maximum absolute atomic E-state index is 4.85. The molecule has 5 nitrogen and oxygen atoms in total. The normalized spacial score (nSPS) is 11.0. The van der Waals surface area contributed by atoms with Gasteiger partial charge in [0.2, 0.25) is 0 Å². The molecule has 0 aliphatic carbocycles. The molecule has 2 aromatic carbocycles. The smallest absolute Gasteiger partial charge is 0.253 e. The molecule has 0 aliphatic heterocycles. The lowest BCUT2D eigenvalue weighted by atomic mass is 10.0. The van der Waals surface area contributed by atoms with Gasteiger partial charge in [0.1, 0.15) is 5.82 Å². The Hall–Kier alpha value is -3.21. The summed E-state index contributed by atoms with van der Waals surface area (Å²) >= 11 is 0. The van der Waals surface area contributed by atoms with E-state index in [2.05, 4.69) is 66.3 Å². The second-order valence-electron chi connectivity index (χ2n) is 6.48. The van der Waals surface area contributed by atoms with Crippen molar-refractivity contribution in [3.8, 4) is 5.95 Å². The van der Waals surface area contributed by atoms with E-state index >= 15 is 0 Å². The lowest BCUT2D eigenvalue weighted by Crippen LogP contribution is -2.24. The Balaban J connectivity index is 1.83. The second kappa shape index (κ2) is 7.58. The molecule has 136 valence electrons. The van der Waals surface area contributed by atoms with Gasteiger partial charge in [0.15, 0.2) is 0 Å². The van der Waals surface area contributed by atoms with Crippen molar-refractivity contribution in [3.63, 3.8) is 0 Å². The highest BCUT2D eigenvalue weighted by atomic mass is 15.3. The van der Waals surface area contributed by atoms with Crippen LogP contribution in [0.4, 0.5) is 5.82 Å². The van der Waals surface area contributed by atoms with Gasteiger partial charge < -0.3 is 4.90 Å². The first-order chi connectivity index (χ1) is 13.3. The molecule has 2 heterocycles. The molecule has 0 N–H and O–H groups in total. The molecule has 0 saturated carbocycles. The highest BCUT2D eigenvalue weighted by Crippen LogP contribution is 2.27. The van der Waals surface area contributed by atoms with Gasteiger partial charge in [0, 0.05) is 30.9 Å². The van der Waals surface area contributed by atoms with E-state index in [4.69, 9.17) is 9.97 Å². The van der Waals surface area contributed by atoms with Crippen LogP contribution < -0.4 is 4.90 Å². The Labute approximate surface area is 159 Å². The molecule has 27 heavy (non-hydrogen) atoms. The lowest BCUT2D eigenvalue weighted by Gasteiger charge is -2.22. The Kier molecular flexibility index (Phi) is 4.83. The minimum atomic E-state index is 0.602. The molecule has 0 bridgehead atoms. The number of hydrogen-bond acceptors (Lipinski definition) is 4. The first-order valence-electron chi connectivity index (χ1n) is 9.38. The molecule has 0 fully saturated rings. The maximum atomic E-state index is 4.85. The molecule has 4 rings (SSSR count). The molecule has 0 atom stereocenters. The van der Waals surface area contributed by atoms with Crippen LogP contribution in [0, 0.1) is 0 Å². The fourth-order valence-electron chi connectivity index (χ4n) is 3.34. The van der Waals surface area contributed by atoms with Gasteiger partial charge in [-0.25, -0.2) is 9.67 Å². The van der Waals surface area contributed by atoms with Gasteiger partial charge in [-0.05, 0) is 49.6 Å². The van der Waals surface area contributed by atoms with Gasteiger partial charge in [0.05, 0.1) is 5.52 Å². The minimum Gasteiger partial charge on any atom is -0.356 e. The Morgan fingerprint density at radius 3 is 2.41 bits per heavy atom. The molecular formula is C22H23N5. The summed E-state index contributed by atoms with van der Waals surface area (Å²) in [7, 11) is 0. The number of hydrogen-bond donors (Lipinski definition) is 0. The number of aromatic nitrogens is 4. The summed E-state index contributed by atoms with van der Waals surface area (Å²) in [6.07, 6.45) is 4.51. The summed E-state index contributed by atoms with van der Waals surface area (Å²) < 4.78 is 1.71. The quantitative estimate of drug-likeness (QED) is 0.517. The standard InChI is InChI=1S/C22H23N5/c1-3-26(4-2)21-19-16-18(15-17-9-6-5-7-10-17)11-12-20(19)24-22(25-21)27-14-8-13-23-27/h5-14,16H,3-4,15H2,1-2H3. The number of nitrogens with zero attached hydrogens (tertiary/aromatic N) is 5. The van der Waals surface area contributed by atoms with Crippen molar-refractivity contribution >= 4 is 16.7 Å². The Bertz CT molecular complexity index is 1020. The average Bonchev–Trinajstić information content (AvgIpc) is 3.24. The van der Waals surface area contributed by atoms with Crippen LogP contribution in [0.1, 0.15) is 25.0 Å². The van der Waals surface area contributed by atoms with E-state index in [9.17, 15) is 0 Å². The molecular weight excluding hydrogens is 334 g/mol. The van der Waals surface area contributed by atoms with Gasteiger partial charge in [-0.2, -0.15) is 10.1 Å². The summed E-state index contributed by atoms with van der Waals surface area (Å²) in [5.41, 5.74) is 3.50. The zero-order valence-corrected chi connectivity index (χ0v) is 15.7. The number of anilines is 1. The first-order valence-corrected chi connectivity index (χ1v) is 9.38. The monoisotopic (exact) mass is 357 g/mol. The molecule has 5 heteroatoms. The zero-order valence-electron chi connectivity index (χ0n) is 15.7. The molecule has 0 radical (unpaired) electrons. The van der Waals surface area contributed by atoms with E-state index in [0.717, 1.165) is 36.2 Å². The van der Waals surface area contributed by atoms with Crippen molar-refractivity contribution in [2.45, 2.75) is 20.3 Å².